The Labute approximate surface area is 169 Å². The Balaban J connectivity index is 1.51. The van der Waals surface area contributed by atoms with Gasteiger partial charge in [-0.05, 0) is 45.3 Å². The number of benzene rings is 1. The molecule has 0 unspecified atom stereocenters. The van der Waals surface area contributed by atoms with Crippen molar-refractivity contribution in [3.63, 3.8) is 0 Å². The Morgan fingerprint density at radius 2 is 1.86 bits per heavy atom. The fourth-order valence-corrected chi connectivity index (χ4v) is 3.73. The van der Waals surface area contributed by atoms with Gasteiger partial charge in [0, 0.05) is 38.1 Å². The first kappa shape index (κ1) is 20.4. The average Bonchev–Trinajstić information content (AvgIpc) is 3.16. The third-order valence-corrected chi connectivity index (χ3v) is 5.54. The van der Waals surface area contributed by atoms with Gasteiger partial charge in [0.2, 0.25) is 0 Å². The number of hydrogen-bond acceptors (Lipinski definition) is 3. The van der Waals surface area contributed by atoms with Crippen molar-refractivity contribution >= 4 is 5.96 Å². The number of guanidine groups is 1. The van der Waals surface area contributed by atoms with Gasteiger partial charge >= 0.3 is 0 Å². The van der Waals surface area contributed by atoms with E-state index in [2.05, 4.69) is 68.2 Å². The van der Waals surface area contributed by atoms with Crippen LogP contribution in [0.2, 0.25) is 0 Å². The second-order valence-corrected chi connectivity index (χ2v) is 8.10. The van der Waals surface area contributed by atoms with Gasteiger partial charge in [-0.15, -0.1) is 0 Å². The topological polar surface area (TPSA) is 57.5 Å². The minimum Gasteiger partial charge on any atom is -0.355 e. The van der Waals surface area contributed by atoms with Crippen molar-refractivity contribution in [2.45, 2.75) is 51.7 Å². The summed E-state index contributed by atoms with van der Waals surface area (Å²) < 4.78 is 2.17. The normalized spacial score (nSPS) is 16.2. The Morgan fingerprint density at radius 1 is 1.11 bits per heavy atom. The molecule has 0 bridgehead atoms. The molecule has 1 saturated heterocycles. The number of piperidine rings is 1. The molecular formula is C22H34N6. The maximum absolute atomic E-state index is 4.51. The minimum atomic E-state index is 0.115. The Morgan fingerprint density at radius 3 is 2.57 bits per heavy atom. The molecule has 1 aromatic heterocycles. The molecule has 1 aliphatic rings. The summed E-state index contributed by atoms with van der Waals surface area (Å²) in [6.45, 7) is 9.34. The average molecular weight is 383 g/mol. The standard InChI is InChI=1S/C22H34N6/c1-22(2,28-13-8-5-9-14-28)18-26-21(23-3)25-16-20-24-12-15-27(20)17-19-10-6-4-7-11-19/h4,6-7,10-12,15H,5,8-9,13-14,16-18H2,1-3H3,(H2,23,25,26). The minimum absolute atomic E-state index is 0.115. The van der Waals surface area contributed by atoms with E-state index in [0.717, 1.165) is 24.9 Å². The predicted molar refractivity (Wildman–Crippen MR) is 115 cm³/mol. The number of imidazole rings is 1. The van der Waals surface area contributed by atoms with Crippen molar-refractivity contribution < 1.29 is 0 Å². The van der Waals surface area contributed by atoms with Crippen LogP contribution in [0, 0.1) is 0 Å². The fourth-order valence-electron chi connectivity index (χ4n) is 3.73. The van der Waals surface area contributed by atoms with Gasteiger partial charge in [0.1, 0.15) is 5.82 Å². The van der Waals surface area contributed by atoms with E-state index in [-0.39, 0.29) is 5.54 Å². The molecule has 1 aromatic carbocycles. The smallest absolute Gasteiger partial charge is 0.191 e. The monoisotopic (exact) mass is 382 g/mol. The fraction of sp³-hybridized carbons (Fsp3) is 0.545. The van der Waals surface area contributed by atoms with Crippen LogP contribution in [-0.2, 0) is 13.1 Å². The highest BCUT2D eigenvalue weighted by Crippen LogP contribution is 2.19. The Hall–Kier alpha value is -2.34. The van der Waals surface area contributed by atoms with Crippen molar-refractivity contribution in [3.05, 3.63) is 54.1 Å². The van der Waals surface area contributed by atoms with E-state index in [1.54, 1.807) is 0 Å². The maximum Gasteiger partial charge on any atom is 0.191 e. The number of rotatable bonds is 7. The zero-order chi connectivity index (χ0) is 19.8. The van der Waals surface area contributed by atoms with Crippen LogP contribution in [-0.4, -0.2) is 52.6 Å². The molecule has 2 heterocycles. The lowest BCUT2D eigenvalue weighted by atomic mass is 9.98. The molecule has 1 fully saturated rings. The highest BCUT2D eigenvalue weighted by atomic mass is 15.2. The summed E-state index contributed by atoms with van der Waals surface area (Å²) in [4.78, 5) is 11.5. The van der Waals surface area contributed by atoms with Crippen LogP contribution < -0.4 is 10.6 Å². The molecule has 6 nitrogen and oxygen atoms in total. The van der Waals surface area contributed by atoms with E-state index in [1.807, 2.05) is 25.5 Å². The zero-order valence-electron chi connectivity index (χ0n) is 17.5. The van der Waals surface area contributed by atoms with E-state index in [4.69, 9.17) is 0 Å². The summed E-state index contributed by atoms with van der Waals surface area (Å²) in [5.74, 6) is 1.82. The molecule has 0 aliphatic carbocycles. The Kier molecular flexibility index (Phi) is 7.09. The largest absolute Gasteiger partial charge is 0.355 e. The quantitative estimate of drug-likeness (QED) is 0.571. The van der Waals surface area contributed by atoms with Gasteiger partial charge in [0.05, 0.1) is 6.54 Å². The highest BCUT2D eigenvalue weighted by Gasteiger charge is 2.27. The van der Waals surface area contributed by atoms with Crippen molar-refractivity contribution in [1.29, 1.82) is 0 Å². The van der Waals surface area contributed by atoms with E-state index in [0.29, 0.717) is 6.54 Å². The van der Waals surface area contributed by atoms with Gasteiger partial charge in [-0.2, -0.15) is 0 Å². The molecule has 2 N–H and O–H groups in total. The van der Waals surface area contributed by atoms with Gasteiger partial charge in [-0.25, -0.2) is 4.98 Å². The number of aliphatic imine (C=N–C) groups is 1. The summed E-state index contributed by atoms with van der Waals surface area (Å²) in [5.41, 5.74) is 1.39. The molecule has 6 heteroatoms. The number of nitrogens with one attached hydrogen (secondary N) is 2. The predicted octanol–water partition coefficient (Wildman–Crippen LogP) is 2.86. The van der Waals surface area contributed by atoms with Crippen molar-refractivity contribution in [2.24, 2.45) is 4.99 Å². The van der Waals surface area contributed by atoms with Crippen LogP contribution >= 0.6 is 0 Å². The SMILES string of the molecule is CN=C(NCc1nccn1Cc1ccccc1)NCC(C)(C)N1CCCCC1. The van der Waals surface area contributed by atoms with E-state index in [9.17, 15) is 0 Å². The van der Waals surface area contributed by atoms with E-state index >= 15 is 0 Å². The molecule has 152 valence electrons. The van der Waals surface area contributed by atoms with Crippen LogP contribution in [0.1, 0.15) is 44.5 Å². The molecule has 1 aliphatic heterocycles. The molecule has 28 heavy (non-hydrogen) atoms. The van der Waals surface area contributed by atoms with Gasteiger partial charge in [0.25, 0.3) is 0 Å². The number of nitrogens with zero attached hydrogens (tertiary/aromatic N) is 4. The third kappa shape index (κ3) is 5.58. The van der Waals surface area contributed by atoms with Gasteiger partial charge in [-0.3, -0.25) is 9.89 Å². The lowest BCUT2D eigenvalue weighted by molar-refractivity contribution is 0.0982. The lowest BCUT2D eigenvalue weighted by Crippen LogP contribution is -2.54. The van der Waals surface area contributed by atoms with Crippen molar-refractivity contribution in [1.82, 2.24) is 25.1 Å². The highest BCUT2D eigenvalue weighted by molar-refractivity contribution is 5.79. The van der Waals surface area contributed by atoms with Gasteiger partial charge in [0.15, 0.2) is 5.96 Å². The molecule has 0 spiro atoms. The van der Waals surface area contributed by atoms with Gasteiger partial charge in [-0.1, -0.05) is 36.8 Å². The number of hydrogen-bond donors (Lipinski definition) is 2. The van der Waals surface area contributed by atoms with Gasteiger partial charge < -0.3 is 15.2 Å². The van der Waals surface area contributed by atoms with Crippen molar-refractivity contribution in [2.75, 3.05) is 26.7 Å². The molecule has 0 atom stereocenters. The maximum atomic E-state index is 4.51. The first-order valence-corrected chi connectivity index (χ1v) is 10.3. The second kappa shape index (κ2) is 9.73. The second-order valence-electron chi connectivity index (χ2n) is 8.10. The lowest BCUT2D eigenvalue weighted by Gasteiger charge is -2.41. The zero-order valence-corrected chi connectivity index (χ0v) is 17.5. The summed E-state index contributed by atoms with van der Waals surface area (Å²) in [6, 6.07) is 10.5. The Bertz CT molecular complexity index is 743. The van der Waals surface area contributed by atoms with E-state index in [1.165, 1.54) is 37.9 Å². The summed E-state index contributed by atoms with van der Waals surface area (Å²) in [6.07, 6.45) is 7.86. The summed E-state index contributed by atoms with van der Waals surface area (Å²) in [5, 5.41) is 6.91. The molecule has 0 saturated carbocycles. The molecule has 3 rings (SSSR count). The molecule has 0 amide bonds. The first-order valence-electron chi connectivity index (χ1n) is 10.3. The van der Waals surface area contributed by atoms with Crippen LogP contribution in [0.25, 0.3) is 0 Å². The summed E-state index contributed by atoms with van der Waals surface area (Å²) in [7, 11) is 1.82. The van der Waals surface area contributed by atoms with Crippen LogP contribution in [0.5, 0.6) is 0 Å². The molecule has 0 radical (unpaired) electrons. The van der Waals surface area contributed by atoms with Crippen LogP contribution in [0.3, 0.4) is 0 Å². The molecule has 2 aromatic rings. The molecular weight excluding hydrogens is 348 g/mol. The van der Waals surface area contributed by atoms with Crippen LogP contribution in [0.15, 0.2) is 47.7 Å². The number of likely N-dealkylation sites (tertiary alicyclic amines) is 1. The third-order valence-electron chi connectivity index (χ3n) is 5.54. The number of aromatic nitrogens is 2. The van der Waals surface area contributed by atoms with E-state index < -0.39 is 0 Å². The van der Waals surface area contributed by atoms with Crippen LogP contribution in [0.4, 0.5) is 0 Å². The first-order chi connectivity index (χ1) is 13.6. The summed E-state index contributed by atoms with van der Waals surface area (Å²) >= 11 is 0. The van der Waals surface area contributed by atoms with Crippen molar-refractivity contribution in [3.8, 4) is 0 Å².